The van der Waals surface area contributed by atoms with Crippen LogP contribution in [0.25, 0.3) is 0 Å². The van der Waals surface area contributed by atoms with Crippen molar-refractivity contribution in [2.75, 3.05) is 0 Å². The highest BCUT2D eigenvalue weighted by Crippen LogP contribution is 2.57. The van der Waals surface area contributed by atoms with Crippen molar-refractivity contribution < 1.29 is 5.11 Å². The monoisotopic (exact) mass is 290 g/mol. The Hall–Kier alpha value is -1.11. The second-order valence-corrected chi connectivity index (χ2v) is 10.8. The molecular formula is C16H19OPS. The molecule has 0 radical (unpaired) electrons. The van der Waals surface area contributed by atoms with Gasteiger partial charge in [-0.05, 0) is 22.6 Å². The van der Waals surface area contributed by atoms with Crippen LogP contribution in [0.1, 0.15) is 20.8 Å². The third-order valence-electron chi connectivity index (χ3n) is 3.29. The van der Waals surface area contributed by atoms with Crippen LogP contribution in [0, 0.1) is 0 Å². The molecule has 0 spiro atoms. The quantitative estimate of drug-likeness (QED) is 0.852. The molecule has 0 amide bonds. The number of rotatable bonds is 2. The van der Waals surface area contributed by atoms with Gasteiger partial charge in [0.1, 0.15) is 5.75 Å². The van der Waals surface area contributed by atoms with Crippen molar-refractivity contribution in [2.24, 2.45) is 0 Å². The highest BCUT2D eigenvalue weighted by molar-refractivity contribution is 8.22. The number of phenolic OH excluding ortho intramolecular Hbond substituents is 1. The molecule has 0 heterocycles. The van der Waals surface area contributed by atoms with Gasteiger partial charge in [0.2, 0.25) is 0 Å². The molecular weight excluding hydrogens is 271 g/mol. The first-order valence-electron chi connectivity index (χ1n) is 6.32. The summed E-state index contributed by atoms with van der Waals surface area (Å²) in [4.78, 5) is 0. The van der Waals surface area contributed by atoms with Gasteiger partial charge in [0.25, 0.3) is 0 Å². The number of hydrogen-bond acceptors (Lipinski definition) is 2. The molecule has 2 aromatic carbocycles. The smallest absolute Gasteiger partial charge is 0.124 e. The first-order chi connectivity index (χ1) is 8.87. The van der Waals surface area contributed by atoms with Gasteiger partial charge in [-0.3, -0.25) is 0 Å². The van der Waals surface area contributed by atoms with Crippen molar-refractivity contribution in [3.05, 3.63) is 54.6 Å². The summed E-state index contributed by atoms with van der Waals surface area (Å²) in [7, 11) is 0. The lowest BCUT2D eigenvalue weighted by Gasteiger charge is -2.36. The molecule has 0 aliphatic carbocycles. The zero-order valence-corrected chi connectivity index (χ0v) is 13.2. The normalized spacial score (nSPS) is 14.9. The molecule has 0 aromatic heterocycles. The molecule has 2 rings (SSSR count). The molecule has 0 saturated heterocycles. The van der Waals surface area contributed by atoms with E-state index < -0.39 is 6.04 Å². The summed E-state index contributed by atoms with van der Waals surface area (Å²) in [6, 6.07) is 15.6. The average molecular weight is 290 g/mol. The highest BCUT2D eigenvalue weighted by Gasteiger charge is 2.36. The third-order valence-corrected chi connectivity index (χ3v) is 10.1. The molecule has 19 heavy (non-hydrogen) atoms. The third kappa shape index (κ3) is 2.48. The van der Waals surface area contributed by atoms with Gasteiger partial charge in [-0.1, -0.05) is 75.0 Å². The topological polar surface area (TPSA) is 20.2 Å². The van der Waals surface area contributed by atoms with Gasteiger partial charge >= 0.3 is 0 Å². The Bertz CT molecular complexity index is 614. The van der Waals surface area contributed by atoms with Gasteiger partial charge < -0.3 is 5.11 Å². The van der Waals surface area contributed by atoms with E-state index in [9.17, 15) is 5.11 Å². The summed E-state index contributed by atoms with van der Waals surface area (Å²) >= 11 is 6.11. The number of aromatic hydroxyl groups is 1. The molecule has 1 unspecified atom stereocenters. The maximum absolute atomic E-state index is 10.2. The minimum absolute atomic E-state index is 0.0808. The number of phenols is 1. The summed E-state index contributed by atoms with van der Waals surface area (Å²) in [5.41, 5.74) is 0. The van der Waals surface area contributed by atoms with Gasteiger partial charge in [-0.15, -0.1) is 0 Å². The predicted octanol–water partition coefficient (Wildman–Crippen LogP) is 3.62. The maximum Gasteiger partial charge on any atom is 0.124 e. The lowest BCUT2D eigenvalue weighted by molar-refractivity contribution is 0.479. The van der Waals surface area contributed by atoms with Crippen LogP contribution in [-0.4, -0.2) is 10.3 Å². The van der Waals surface area contributed by atoms with Crippen molar-refractivity contribution >= 4 is 28.5 Å². The average Bonchev–Trinajstić information content (AvgIpc) is 2.38. The fourth-order valence-electron chi connectivity index (χ4n) is 2.26. The summed E-state index contributed by atoms with van der Waals surface area (Å²) in [5.74, 6) is 0.310. The van der Waals surface area contributed by atoms with Crippen molar-refractivity contribution in [1.29, 1.82) is 0 Å². The van der Waals surface area contributed by atoms with Gasteiger partial charge in [0, 0.05) is 11.3 Å². The first-order valence-corrected chi connectivity index (χ1v) is 9.12. The van der Waals surface area contributed by atoms with Crippen LogP contribution in [0.2, 0.25) is 0 Å². The fraction of sp³-hybridized carbons (Fsp3) is 0.250. The van der Waals surface area contributed by atoms with E-state index in [0.717, 1.165) is 10.6 Å². The lowest BCUT2D eigenvalue weighted by atomic mass is 10.2. The SMILES string of the molecule is CC(C)(C)P(=S)(c1ccccc1)c1ccccc1O. The summed E-state index contributed by atoms with van der Waals surface area (Å²) in [5, 5.41) is 12.2. The number of benzene rings is 2. The van der Waals surface area contributed by atoms with Gasteiger partial charge in [-0.2, -0.15) is 0 Å². The first kappa shape index (κ1) is 14.3. The fourth-order valence-corrected chi connectivity index (χ4v) is 6.15. The van der Waals surface area contributed by atoms with Crippen molar-refractivity contribution in [2.45, 2.75) is 25.9 Å². The zero-order valence-electron chi connectivity index (χ0n) is 11.5. The van der Waals surface area contributed by atoms with Crippen molar-refractivity contribution in [1.82, 2.24) is 0 Å². The minimum Gasteiger partial charge on any atom is -0.507 e. The molecule has 1 atom stereocenters. The van der Waals surface area contributed by atoms with E-state index in [1.165, 1.54) is 0 Å². The van der Waals surface area contributed by atoms with Crippen LogP contribution in [0.5, 0.6) is 5.75 Å². The Morgan fingerprint density at radius 3 is 1.95 bits per heavy atom. The zero-order chi connectivity index (χ0) is 14.1. The molecule has 0 aliphatic heterocycles. The van der Waals surface area contributed by atoms with E-state index in [1.807, 2.05) is 36.4 Å². The van der Waals surface area contributed by atoms with Crippen LogP contribution in [-0.2, 0) is 11.8 Å². The van der Waals surface area contributed by atoms with E-state index in [0.29, 0.717) is 5.75 Å². The van der Waals surface area contributed by atoms with Crippen LogP contribution in [0.15, 0.2) is 54.6 Å². The number of hydrogen-bond donors (Lipinski definition) is 1. The highest BCUT2D eigenvalue weighted by atomic mass is 32.4. The summed E-state index contributed by atoms with van der Waals surface area (Å²) < 4.78 is 0. The molecule has 0 fully saturated rings. The Kier molecular flexibility index (Phi) is 3.85. The summed E-state index contributed by atoms with van der Waals surface area (Å²) in [6.07, 6.45) is 0. The van der Waals surface area contributed by atoms with E-state index in [4.69, 9.17) is 11.8 Å². The largest absolute Gasteiger partial charge is 0.507 e. The minimum atomic E-state index is -2.06. The Labute approximate surface area is 120 Å². The van der Waals surface area contributed by atoms with E-state index in [2.05, 4.69) is 32.9 Å². The molecule has 1 nitrogen and oxygen atoms in total. The molecule has 0 bridgehead atoms. The molecule has 0 saturated carbocycles. The van der Waals surface area contributed by atoms with Crippen LogP contribution in [0.4, 0.5) is 0 Å². The van der Waals surface area contributed by atoms with E-state index in [1.54, 1.807) is 6.07 Å². The predicted molar refractivity (Wildman–Crippen MR) is 87.9 cm³/mol. The molecule has 1 N–H and O–H groups in total. The Morgan fingerprint density at radius 2 is 1.42 bits per heavy atom. The summed E-state index contributed by atoms with van der Waals surface area (Å²) in [6.45, 7) is 6.48. The van der Waals surface area contributed by atoms with Gasteiger partial charge in [0.05, 0.1) is 0 Å². The van der Waals surface area contributed by atoms with Crippen LogP contribution < -0.4 is 10.6 Å². The Morgan fingerprint density at radius 1 is 0.895 bits per heavy atom. The number of para-hydroxylation sites is 1. The van der Waals surface area contributed by atoms with E-state index >= 15 is 0 Å². The van der Waals surface area contributed by atoms with Crippen LogP contribution >= 0.6 is 6.04 Å². The van der Waals surface area contributed by atoms with Gasteiger partial charge in [-0.25, -0.2) is 0 Å². The second kappa shape index (κ2) is 5.11. The van der Waals surface area contributed by atoms with Gasteiger partial charge in [0.15, 0.2) is 0 Å². The standard InChI is InChI=1S/C16H19OPS/c1-16(2,3)18(19,13-9-5-4-6-10-13)15-12-8-7-11-14(15)17/h4-12,17H,1-3H3. The van der Waals surface area contributed by atoms with Crippen LogP contribution in [0.3, 0.4) is 0 Å². The lowest BCUT2D eigenvalue weighted by Crippen LogP contribution is -2.30. The molecule has 0 aliphatic rings. The van der Waals surface area contributed by atoms with E-state index in [-0.39, 0.29) is 5.16 Å². The Balaban J connectivity index is 2.75. The maximum atomic E-state index is 10.2. The van der Waals surface area contributed by atoms with Crippen molar-refractivity contribution in [3.63, 3.8) is 0 Å². The van der Waals surface area contributed by atoms with Crippen molar-refractivity contribution in [3.8, 4) is 5.75 Å². The second-order valence-electron chi connectivity index (χ2n) is 5.60. The molecule has 100 valence electrons. The molecule has 2 aromatic rings. The molecule has 3 heteroatoms.